The predicted octanol–water partition coefficient (Wildman–Crippen LogP) is 3.48. The smallest absolute Gasteiger partial charge is 0.0595 e. The van der Waals surface area contributed by atoms with Crippen molar-refractivity contribution >= 4 is 23.2 Å². The molecule has 2 aliphatic heterocycles. The Morgan fingerprint density at radius 2 is 2.17 bits per heavy atom. The van der Waals surface area contributed by atoms with Gasteiger partial charge in [0.05, 0.1) is 16.7 Å². The molecule has 98 valence electrons. The number of ether oxygens (including phenoxy) is 1. The number of rotatable bonds is 1. The molecule has 1 N–H and O–H groups in total. The van der Waals surface area contributed by atoms with Crippen LogP contribution in [0.3, 0.4) is 0 Å². The van der Waals surface area contributed by atoms with Crippen molar-refractivity contribution in [2.75, 3.05) is 26.3 Å². The first-order chi connectivity index (χ1) is 8.71. The predicted molar refractivity (Wildman–Crippen MR) is 74.6 cm³/mol. The van der Waals surface area contributed by atoms with Gasteiger partial charge >= 0.3 is 0 Å². The van der Waals surface area contributed by atoms with Gasteiger partial charge in [-0.1, -0.05) is 29.3 Å². The van der Waals surface area contributed by atoms with Crippen LogP contribution < -0.4 is 5.32 Å². The molecule has 2 atom stereocenters. The Bertz CT molecular complexity index is 443. The molecule has 2 fully saturated rings. The van der Waals surface area contributed by atoms with Gasteiger partial charge in [-0.2, -0.15) is 0 Å². The minimum Gasteiger partial charge on any atom is -0.381 e. The summed E-state index contributed by atoms with van der Waals surface area (Å²) in [6, 6.07) is 6.05. The summed E-state index contributed by atoms with van der Waals surface area (Å²) < 4.78 is 5.64. The molecule has 1 spiro atoms. The zero-order chi connectivity index (χ0) is 12.6. The minimum atomic E-state index is 0.245. The molecule has 0 unspecified atom stereocenters. The average molecular weight is 286 g/mol. The van der Waals surface area contributed by atoms with Gasteiger partial charge in [-0.15, -0.1) is 0 Å². The maximum Gasteiger partial charge on any atom is 0.0595 e. The number of hydrogen-bond acceptors (Lipinski definition) is 2. The van der Waals surface area contributed by atoms with Gasteiger partial charge < -0.3 is 10.1 Å². The monoisotopic (exact) mass is 285 g/mol. The van der Waals surface area contributed by atoms with E-state index in [2.05, 4.69) is 11.4 Å². The molecule has 2 aliphatic rings. The van der Waals surface area contributed by atoms with Gasteiger partial charge in [0.15, 0.2) is 0 Å². The molecule has 0 bridgehead atoms. The fraction of sp³-hybridized carbons (Fsp3) is 0.571. The number of nitrogens with one attached hydrogen (secondary N) is 1. The fourth-order valence-electron chi connectivity index (χ4n) is 3.30. The van der Waals surface area contributed by atoms with E-state index in [1.807, 2.05) is 12.1 Å². The summed E-state index contributed by atoms with van der Waals surface area (Å²) in [5.41, 5.74) is 1.55. The normalized spacial score (nSPS) is 32.0. The Labute approximate surface area is 118 Å². The fourth-order valence-corrected chi connectivity index (χ4v) is 3.61. The maximum absolute atomic E-state index is 6.15. The SMILES string of the molecule is Clc1ccc([C@@H]2CCNC[C@@]23CCOC3)cc1Cl. The molecule has 1 aromatic carbocycles. The molecule has 4 heteroatoms. The van der Waals surface area contributed by atoms with Crippen LogP contribution in [0.5, 0.6) is 0 Å². The molecule has 0 saturated carbocycles. The van der Waals surface area contributed by atoms with Crippen molar-refractivity contribution in [3.63, 3.8) is 0 Å². The van der Waals surface area contributed by atoms with Gasteiger partial charge in [0.25, 0.3) is 0 Å². The highest BCUT2D eigenvalue weighted by Crippen LogP contribution is 2.46. The zero-order valence-corrected chi connectivity index (χ0v) is 11.7. The molecule has 2 heterocycles. The Morgan fingerprint density at radius 3 is 2.89 bits per heavy atom. The first kappa shape index (κ1) is 12.7. The van der Waals surface area contributed by atoms with E-state index in [-0.39, 0.29) is 5.41 Å². The third-order valence-electron chi connectivity index (χ3n) is 4.31. The van der Waals surface area contributed by atoms with E-state index in [0.29, 0.717) is 16.0 Å². The number of piperidine rings is 1. The van der Waals surface area contributed by atoms with Crippen molar-refractivity contribution in [3.05, 3.63) is 33.8 Å². The van der Waals surface area contributed by atoms with E-state index in [0.717, 1.165) is 39.1 Å². The number of hydrogen-bond donors (Lipinski definition) is 1. The van der Waals surface area contributed by atoms with E-state index in [4.69, 9.17) is 27.9 Å². The standard InChI is InChI=1S/C14H17Cl2NO/c15-12-2-1-10(7-13(12)16)11-3-5-17-8-14(11)4-6-18-9-14/h1-2,7,11,17H,3-6,8-9H2/t11-,14+/m0/s1. The van der Waals surface area contributed by atoms with Crippen molar-refractivity contribution in [2.24, 2.45) is 5.41 Å². The second kappa shape index (κ2) is 5.01. The average Bonchev–Trinajstić information content (AvgIpc) is 2.83. The lowest BCUT2D eigenvalue weighted by molar-refractivity contribution is 0.113. The Kier molecular flexibility index (Phi) is 3.55. The molecule has 3 rings (SSSR count). The Balaban J connectivity index is 1.94. The van der Waals surface area contributed by atoms with Crippen molar-refractivity contribution in [1.82, 2.24) is 5.32 Å². The summed E-state index contributed by atoms with van der Waals surface area (Å²) in [6.07, 6.45) is 2.27. The highest BCUT2D eigenvalue weighted by atomic mass is 35.5. The van der Waals surface area contributed by atoms with Gasteiger partial charge in [-0.3, -0.25) is 0 Å². The van der Waals surface area contributed by atoms with Crippen LogP contribution in [-0.2, 0) is 4.74 Å². The van der Waals surface area contributed by atoms with Crippen LogP contribution in [0.25, 0.3) is 0 Å². The van der Waals surface area contributed by atoms with Crippen molar-refractivity contribution in [1.29, 1.82) is 0 Å². The van der Waals surface area contributed by atoms with Gasteiger partial charge in [-0.05, 0) is 43.0 Å². The zero-order valence-electron chi connectivity index (χ0n) is 10.2. The molecule has 2 nitrogen and oxygen atoms in total. The van der Waals surface area contributed by atoms with E-state index in [1.165, 1.54) is 5.56 Å². The van der Waals surface area contributed by atoms with Crippen LogP contribution in [0.2, 0.25) is 10.0 Å². The topological polar surface area (TPSA) is 21.3 Å². The largest absolute Gasteiger partial charge is 0.381 e. The summed E-state index contributed by atoms with van der Waals surface area (Å²) in [7, 11) is 0. The van der Waals surface area contributed by atoms with Crippen LogP contribution >= 0.6 is 23.2 Å². The molecular weight excluding hydrogens is 269 g/mol. The van der Waals surface area contributed by atoms with Gasteiger partial charge in [0, 0.05) is 18.6 Å². The third kappa shape index (κ3) is 2.16. The van der Waals surface area contributed by atoms with E-state index in [9.17, 15) is 0 Å². The Hall–Kier alpha value is -0.280. The highest BCUT2D eigenvalue weighted by Gasteiger charge is 2.44. The lowest BCUT2D eigenvalue weighted by Crippen LogP contribution is -2.45. The minimum absolute atomic E-state index is 0.245. The van der Waals surface area contributed by atoms with Crippen molar-refractivity contribution in [3.8, 4) is 0 Å². The summed E-state index contributed by atoms with van der Waals surface area (Å²) in [5, 5.41) is 4.79. The van der Waals surface area contributed by atoms with E-state index in [1.54, 1.807) is 0 Å². The molecular formula is C14H17Cl2NO. The van der Waals surface area contributed by atoms with Gasteiger partial charge in [0.2, 0.25) is 0 Å². The summed E-state index contributed by atoms with van der Waals surface area (Å²) >= 11 is 12.2. The van der Waals surface area contributed by atoms with Crippen molar-refractivity contribution in [2.45, 2.75) is 18.8 Å². The van der Waals surface area contributed by atoms with Crippen LogP contribution in [0, 0.1) is 5.41 Å². The molecule has 0 aliphatic carbocycles. The molecule has 0 amide bonds. The number of benzene rings is 1. The molecule has 1 aromatic rings. The quantitative estimate of drug-likeness (QED) is 0.853. The second-order valence-corrected chi connectivity index (χ2v) is 6.17. The van der Waals surface area contributed by atoms with Crippen LogP contribution in [0.4, 0.5) is 0 Å². The van der Waals surface area contributed by atoms with Gasteiger partial charge in [0.1, 0.15) is 0 Å². The number of halogens is 2. The van der Waals surface area contributed by atoms with Crippen LogP contribution in [-0.4, -0.2) is 26.3 Å². The lowest BCUT2D eigenvalue weighted by atomic mass is 9.68. The summed E-state index contributed by atoms with van der Waals surface area (Å²) in [5.74, 6) is 0.524. The third-order valence-corrected chi connectivity index (χ3v) is 5.04. The summed E-state index contributed by atoms with van der Waals surface area (Å²) in [4.78, 5) is 0. The second-order valence-electron chi connectivity index (χ2n) is 5.36. The molecule has 0 aromatic heterocycles. The van der Waals surface area contributed by atoms with Gasteiger partial charge in [-0.25, -0.2) is 0 Å². The summed E-state index contributed by atoms with van der Waals surface area (Å²) in [6.45, 7) is 3.83. The van der Waals surface area contributed by atoms with Crippen LogP contribution in [0.15, 0.2) is 18.2 Å². The highest BCUT2D eigenvalue weighted by molar-refractivity contribution is 6.42. The molecule has 18 heavy (non-hydrogen) atoms. The Morgan fingerprint density at radius 1 is 1.28 bits per heavy atom. The van der Waals surface area contributed by atoms with E-state index >= 15 is 0 Å². The lowest BCUT2D eigenvalue weighted by Gasteiger charge is -2.41. The first-order valence-corrected chi connectivity index (χ1v) is 7.20. The first-order valence-electron chi connectivity index (χ1n) is 6.45. The molecule has 0 radical (unpaired) electrons. The molecule has 2 saturated heterocycles. The van der Waals surface area contributed by atoms with Crippen LogP contribution in [0.1, 0.15) is 24.3 Å². The van der Waals surface area contributed by atoms with E-state index < -0.39 is 0 Å². The maximum atomic E-state index is 6.15. The van der Waals surface area contributed by atoms with Crippen molar-refractivity contribution < 1.29 is 4.74 Å².